The maximum Gasteiger partial charge on any atom is 0.331 e. The molecule has 3 heteroatoms. The third-order valence-corrected chi connectivity index (χ3v) is 3.40. The van der Waals surface area contributed by atoms with E-state index in [0.29, 0.717) is 30.5 Å². The molecule has 1 aliphatic rings. The van der Waals surface area contributed by atoms with E-state index in [1.54, 1.807) is 6.08 Å². The van der Waals surface area contributed by atoms with Crippen LogP contribution in [-0.2, 0) is 4.79 Å². The first-order valence-electron chi connectivity index (χ1n) is 6.43. The highest BCUT2D eigenvalue weighted by Crippen LogP contribution is 2.40. The zero-order valence-electron chi connectivity index (χ0n) is 10.6. The van der Waals surface area contributed by atoms with Gasteiger partial charge in [0.1, 0.15) is 0 Å². The molecule has 2 N–H and O–H groups in total. The van der Waals surface area contributed by atoms with Crippen LogP contribution < -0.4 is 5.32 Å². The van der Waals surface area contributed by atoms with Gasteiger partial charge in [-0.05, 0) is 18.4 Å². The molecule has 2 rings (SSSR count). The van der Waals surface area contributed by atoms with Gasteiger partial charge in [-0.25, -0.2) is 4.79 Å². The molecule has 0 amide bonds. The van der Waals surface area contributed by atoms with Crippen molar-refractivity contribution >= 4 is 5.97 Å². The Kier molecular flexibility index (Phi) is 4.15. The average Bonchev–Trinajstić information content (AvgIpc) is 3.15. The number of nitrogens with one attached hydrogen (secondary N) is 1. The minimum atomic E-state index is -0.810. The molecular weight excluding hydrogens is 226 g/mol. The largest absolute Gasteiger partial charge is 0.478 e. The second kappa shape index (κ2) is 5.83. The summed E-state index contributed by atoms with van der Waals surface area (Å²) in [6, 6.07) is 10.9. The van der Waals surface area contributed by atoms with E-state index in [1.807, 2.05) is 13.0 Å². The highest BCUT2D eigenvalue weighted by molar-refractivity contribution is 5.86. The molecule has 0 saturated heterocycles. The summed E-state index contributed by atoms with van der Waals surface area (Å²) in [5, 5.41) is 12.3. The Bertz CT molecular complexity index is 439. The number of hydrogen-bond donors (Lipinski definition) is 2. The first-order chi connectivity index (χ1) is 8.72. The first kappa shape index (κ1) is 12.8. The van der Waals surface area contributed by atoms with Crippen LogP contribution in [0.4, 0.5) is 0 Å². The van der Waals surface area contributed by atoms with Gasteiger partial charge in [-0.1, -0.05) is 43.3 Å². The molecule has 0 spiro atoms. The van der Waals surface area contributed by atoms with Crippen LogP contribution in [0.25, 0.3) is 0 Å². The van der Waals surface area contributed by atoms with Gasteiger partial charge in [-0.2, -0.15) is 0 Å². The van der Waals surface area contributed by atoms with Crippen molar-refractivity contribution in [2.75, 3.05) is 6.54 Å². The Balaban J connectivity index is 1.79. The van der Waals surface area contributed by atoms with Gasteiger partial charge in [0.2, 0.25) is 0 Å². The van der Waals surface area contributed by atoms with E-state index in [9.17, 15) is 4.79 Å². The Labute approximate surface area is 108 Å². The summed E-state index contributed by atoms with van der Waals surface area (Å²) < 4.78 is 0. The molecule has 1 aromatic carbocycles. The van der Waals surface area contributed by atoms with E-state index in [1.165, 1.54) is 5.56 Å². The smallest absolute Gasteiger partial charge is 0.331 e. The molecular formula is C15H19NO2. The molecule has 96 valence electrons. The lowest BCUT2D eigenvalue weighted by atomic mass is 10.1. The predicted molar refractivity (Wildman–Crippen MR) is 71.6 cm³/mol. The molecule has 2 unspecified atom stereocenters. The van der Waals surface area contributed by atoms with Crippen molar-refractivity contribution in [3.63, 3.8) is 0 Å². The summed E-state index contributed by atoms with van der Waals surface area (Å²) in [4.78, 5) is 10.8. The van der Waals surface area contributed by atoms with Crippen LogP contribution in [-0.4, -0.2) is 23.7 Å². The molecule has 0 bridgehead atoms. The van der Waals surface area contributed by atoms with Gasteiger partial charge in [0.25, 0.3) is 0 Å². The minimum absolute atomic E-state index is 0.486. The highest BCUT2D eigenvalue weighted by atomic mass is 16.4. The predicted octanol–water partition coefficient (Wildman–Crippen LogP) is 2.55. The molecule has 1 aromatic rings. The number of benzene rings is 1. The monoisotopic (exact) mass is 245 g/mol. The summed E-state index contributed by atoms with van der Waals surface area (Å²) >= 11 is 0. The number of aliphatic carboxylic acids is 1. The van der Waals surface area contributed by atoms with Crippen molar-refractivity contribution in [1.82, 2.24) is 5.32 Å². The first-order valence-corrected chi connectivity index (χ1v) is 6.43. The number of rotatable bonds is 6. The Morgan fingerprint density at radius 1 is 1.44 bits per heavy atom. The summed E-state index contributed by atoms with van der Waals surface area (Å²) in [6.45, 7) is 2.51. The van der Waals surface area contributed by atoms with Crippen molar-refractivity contribution in [2.45, 2.75) is 31.7 Å². The van der Waals surface area contributed by atoms with Crippen molar-refractivity contribution in [3.05, 3.63) is 47.5 Å². The highest BCUT2D eigenvalue weighted by Gasteiger charge is 2.37. The quantitative estimate of drug-likeness (QED) is 0.757. The Hall–Kier alpha value is -1.61. The van der Waals surface area contributed by atoms with E-state index in [2.05, 4.69) is 29.6 Å². The van der Waals surface area contributed by atoms with E-state index in [-0.39, 0.29) is 0 Å². The lowest BCUT2D eigenvalue weighted by Gasteiger charge is -2.02. The van der Waals surface area contributed by atoms with Crippen LogP contribution in [0.1, 0.15) is 31.2 Å². The van der Waals surface area contributed by atoms with Crippen LogP contribution >= 0.6 is 0 Å². The van der Waals surface area contributed by atoms with E-state index >= 15 is 0 Å². The van der Waals surface area contributed by atoms with Gasteiger partial charge in [0, 0.05) is 24.1 Å². The van der Waals surface area contributed by atoms with Crippen LogP contribution in [0.15, 0.2) is 42.0 Å². The van der Waals surface area contributed by atoms with Gasteiger partial charge in [-0.3, -0.25) is 0 Å². The Morgan fingerprint density at radius 3 is 2.78 bits per heavy atom. The fourth-order valence-corrected chi connectivity index (χ4v) is 2.21. The van der Waals surface area contributed by atoms with Gasteiger partial charge >= 0.3 is 5.97 Å². The fourth-order valence-electron chi connectivity index (χ4n) is 2.21. The normalized spacial score (nSPS) is 22.8. The van der Waals surface area contributed by atoms with E-state index in [4.69, 9.17) is 5.11 Å². The molecule has 18 heavy (non-hydrogen) atoms. The maximum absolute atomic E-state index is 10.8. The lowest BCUT2D eigenvalue weighted by Crippen LogP contribution is -2.18. The number of carboxylic acids is 1. The van der Waals surface area contributed by atoms with Crippen LogP contribution in [0.2, 0.25) is 0 Å². The van der Waals surface area contributed by atoms with Gasteiger partial charge in [-0.15, -0.1) is 0 Å². The maximum atomic E-state index is 10.8. The van der Waals surface area contributed by atoms with Crippen LogP contribution in [0, 0.1) is 0 Å². The fraction of sp³-hybridized carbons (Fsp3) is 0.400. The van der Waals surface area contributed by atoms with Crippen LogP contribution in [0.5, 0.6) is 0 Å². The molecule has 0 heterocycles. The number of carboxylic acid groups (broad SMARTS) is 1. The van der Waals surface area contributed by atoms with Crippen molar-refractivity contribution in [3.8, 4) is 0 Å². The zero-order valence-corrected chi connectivity index (χ0v) is 10.6. The van der Waals surface area contributed by atoms with Gasteiger partial charge in [0.15, 0.2) is 0 Å². The van der Waals surface area contributed by atoms with Crippen molar-refractivity contribution < 1.29 is 9.90 Å². The molecule has 1 fully saturated rings. The topological polar surface area (TPSA) is 49.3 Å². The van der Waals surface area contributed by atoms with Gasteiger partial charge < -0.3 is 10.4 Å². The van der Waals surface area contributed by atoms with Gasteiger partial charge in [0.05, 0.1) is 0 Å². The molecule has 2 atom stereocenters. The molecule has 1 saturated carbocycles. The van der Waals surface area contributed by atoms with E-state index in [0.717, 1.165) is 6.42 Å². The molecule has 0 aliphatic heterocycles. The number of hydrogen-bond acceptors (Lipinski definition) is 2. The standard InChI is InChI=1S/C15H19NO2/c1-2-11(15(17)18)8-9-16-14-10-13(14)12-6-4-3-5-7-12/h3-8,13-14,16H,2,9-10H2,1H3,(H,17,18)/b11-8-. The second-order valence-electron chi connectivity index (χ2n) is 4.66. The summed E-state index contributed by atoms with van der Waals surface area (Å²) in [7, 11) is 0. The molecule has 0 aromatic heterocycles. The second-order valence-corrected chi connectivity index (χ2v) is 4.66. The SMILES string of the molecule is CC/C(=C/CNC1CC1c1ccccc1)C(=O)O. The third-order valence-electron chi connectivity index (χ3n) is 3.40. The molecule has 0 radical (unpaired) electrons. The molecule has 3 nitrogen and oxygen atoms in total. The third kappa shape index (κ3) is 3.20. The summed E-state index contributed by atoms with van der Waals surface area (Å²) in [5.74, 6) is -0.218. The zero-order chi connectivity index (χ0) is 13.0. The summed E-state index contributed by atoms with van der Waals surface area (Å²) in [6.07, 6.45) is 3.50. The van der Waals surface area contributed by atoms with E-state index < -0.39 is 5.97 Å². The van der Waals surface area contributed by atoms with Crippen molar-refractivity contribution in [1.29, 1.82) is 0 Å². The van der Waals surface area contributed by atoms with Crippen molar-refractivity contribution in [2.24, 2.45) is 0 Å². The lowest BCUT2D eigenvalue weighted by molar-refractivity contribution is -0.132. The minimum Gasteiger partial charge on any atom is -0.478 e. The molecule has 1 aliphatic carbocycles. The number of carbonyl (C=O) groups is 1. The Morgan fingerprint density at radius 2 is 2.17 bits per heavy atom. The summed E-state index contributed by atoms with van der Waals surface area (Å²) in [5.41, 5.74) is 1.85. The van der Waals surface area contributed by atoms with Crippen LogP contribution in [0.3, 0.4) is 0 Å². The average molecular weight is 245 g/mol.